The fraction of sp³-hybridized carbons (Fsp3) is 0.500. The van der Waals surface area contributed by atoms with E-state index in [0.717, 1.165) is 0 Å². The molecule has 21 heavy (non-hydrogen) atoms. The van der Waals surface area contributed by atoms with Crippen LogP contribution in [0.4, 0.5) is 11.4 Å². The Morgan fingerprint density at radius 1 is 1.48 bits per heavy atom. The molecule has 0 radical (unpaired) electrons. The molecule has 1 aromatic rings. The SMILES string of the molecule is CCOc1cccc(NCC(C)(CC)C(=O)O)c1[N+](=O)[O-]. The molecule has 116 valence electrons. The fourth-order valence-electron chi connectivity index (χ4n) is 1.77. The highest BCUT2D eigenvalue weighted by molar-refractivity contribution is 5.76. The van der Waals surface area contributed by atoms with Gasteiger partial charge in [-0.1, -0.05) is 13.0 Å². The van der Waals surface area contributed by atoms with Crippen molar-refractivity contribution in [3.63, 3.8) is 0 Å². The number of para-hydroxylation sites is 1. The molecule has 2 N–H and O–H groups in total. The minimum absolute atomic E-state index is 0.0925. The van der Waals surface area contributed by atoms with Gasteiger partial charge in [0.05, 0.1) is 16.9 Å². The monoisotopic (exact) mass is 296 g/mol. The molecule has 0 aliphatic carbocycles. The van der Waals surface area contributed by atoms with E-state index in [-0.39, 0.29) is 23.7 Å². The van der Waals surface area contributed by atoms with Crippen LogP contribution in [0.3, 0.4) is 0 Å². The van der Waals surface area contributed by atoms with Gasteiger partial charge in [0.15, 0.2) is 5.75 Å². The molecule has 1 atom stereocenters. The predicted octanol–water partition coefficient (Wildman–Crippen LogP) is 2.91. The molecule has 1 rings (SSSR count). The molecule has 7 nitrogen and oxygen atoms in total. The molecule has 0 fully saturated rings. The lowest BCUT2D eigenvalue weighted by Crippen LogP contribution is -2.34. The van der Waals surface area contributed by atoms with E-state index >= 15 is 0 Å². The van der Waals surface area contributed by atoms with Gasteiger partial charge in [-0.2, -0.15) is 0 Å². The van der Waals surface area contributed by atoms with Crippen LogP contribution >= 0.6 is 0 Å². The Balaban J connectivity index is 3.06. The number of hydrogen-bond acceptors (Lipinski definition) is 5. The van der Waals surface area contributed by atoms with Gasteiger partial charge in [0.2, 0.25) is 0 Å². The number of nitrogens with one attached hydrogen (secondary N) is 1. The molecule has 7 heteroatoms. The maximum absolute atomic E-state index is 11.3. The molecule has 0 bridgehead atoms. The highest BCUT2D eigenvalue weighted by atomic mass is 16.6. The third-order valence-corrected chi connectivity index (χ3v) is 3.45. The zero-order valence-electron chi connectivity index (χ0n) is 12.4. The van der Waals surface area contributed by atoms with Crippen LogP contribution in [-0.4, -0.2) is 29.2 Å². The number of anilines is 1. The summed E-state index contributed by atoms with van der Waals surface area (Å²) in [5.41, 5.74) is -0.912. The van der Waals surface area contributed by atoms with Crippen molar-refractivity contribution < 1.29 is 19.6 Å². The average molecular weight is 296 g/mol. The number of benzene rings is 1. The number of carboxylic acids is 1. The van der Waals surface area contributed by atoms with Crippen molar-refractivity contribution in [3.8, 4) is 5.75 Å². The number of ether oxygens (including phenoxy) is 1. The minimum atomic E-state index is -0.991. The molecule has 0 heterocycles. The van der Waals surface area contributed by atoms with Gasteiger partial charge in [-0.15, -0.1) is 0 Å². The summed E-state index contributed by atoms with van der Waals surface area (Å²) in [5.74, 6) is -0.776. The summed E-state index contributed by atoms with van der Waals surface area (Å²) in [6.07, 6.45) is 0.411. The summed E-state index contributed by atoms with van der Waals surface area (Å²) in [6.45, 7) is 5.51. The normalized spacial score (nSPS) is 13.3. The summed E-state index contributed by atoms with van der Waals surface area (Å²) < 4.78 is 5.25. The van der Waals surface area contributed by atoms with Crippen LogP contribution in [0.2, 0.25) is 0 Å². The first-order valence-corrected chi connectivity index (χ1v) is 6.73. The summed E-state index contributed by atoms with van der Waals surface area (Å²) in [4.78, 5) is 21.9. The number of hydrogen-bond donors (Lipinski definition) is 2. The summed E-state index contributed by atoms with van der Waals surface area (Å²) in [5, 5.41) is 23.3. The first-order chi connectivity index (χ1) is 9.85. The van der Waals surface area contributed by atoms with Crippen molar-refractivity contribution in [2.45, 2.75) is 27.2 Å². The molecular weight excluding hydrogens is 276 g/mol. The van der Waals surface area contributed by atoms with Gasteiger partial charge in [0.1, 0.15) is 5.69 Å². The maximum Gasteiger partial charge on any atom is 0.333 e. The van der Waals surface area contributed by atoms with Crippen LogP contribution in [0.5, 0.6) is 5.75 Å². The molecule has 0 saturated carbocycles. The van der Waals surface area contributed by atoms with Gasteiger partial charge >= 0.3 is 11.7 Å². The predicted molar refractivity (Wildman–Crippen MR) is 78.8 cm³/mol. The number of carbonyl (C=O) groups is 1. The summed E-state index contributed by atoms with van der Waals surface area (Å²) in [6, 6.07) is 4.69. The van der Waals surface area contributed by atoms with E-state index < -0.39 is 16.3 Å². The zero-order valence-corrected chi connectivity index (χ0v) is 12.4. The molecule has 0 spiro atoms. The first kappa shape index (κ1) is 16.7. The van der Waals surface area contributed by atoms with Crippen molar-refractivity contribution in [2.75, 3.05) is 18.5 Å². The van der Waals surface area contributed by atoms with E-state index in [1.54, 1.807) is 32.9 Å². The number of rotatable bonds is 8. The first-order valence-electron chi connectivity index (χ1n) is 6.73. The lowest BCUT2D eigenvalue weighted by Gasteiger charge is -2.23. The largest absolute Gasteiger partial charge is 0.487 e. The second-order valence-corrected chi connectivity index (χ2v) is 4.92. The van der Waals surface area contributed by atoms with Crippen molar-refractivity contribution in [2.24, 2.45) is 5.41 Å². The van der Waals surface area contributed by atoms with Gasteiger partial charge < -0.3 is 15.2 Å². The van der Waals surface area contributed by atoms with E-state index in [0.29, 0.717) is 13.0 Å². The van der Waals surface area contributed by atoms with Crippen molar-refractivity contribution in [1.82, 2.24) is 0 Å². The highest BCUT2D eigenvalue weighted by Crippen LogP contribution is 2.35. The van der Waals surface area contributed by atoms with Crippen molar-refractivity contribution in [1.29, 1.82) is 0 Å². The van der Waals surface area contributed by atoms with Crippen LogP contribution < -0.4 is 10.1 Å². The molecule has 1 unspecified atom stereocenters. The van der Waals surface area contributed by atoms with Crippen LogP contribution in [0.15, 0.2) is 18.2 Å². The Morgan fingerprint density at radius 2 is 2.14 bits per heavy atom. The smallest absolute Gasteiger partial charge is 0.333 e. The van der Waals surface area contributed by atoms with E-state index in [9.17, 15) is 20.0 Å². The van der Waals surface area contributed by atoms with Gasteiger partial charge in [-0.3, -0.25) is 14.9 Å². The standard InChI is InChI=1S/C14H20N2O5/c1-4-14(3,13(17)18)9-15-10-7-6-8-11(21-5-2)12(10)16(19)20/h6-8,15H,4-5,9H2,1-3H3,(H,17,18). The molecule has 0 aliphatic heterocycles. The van der Waals surface area contributed by atoms with E-state index in [1.165, 1.54) is 6.07 Å². The number of nitro groups is 1. The Kier molecular flexibility index (Phi) is 5.52. The maximum atomic E-state index is 11.3. The van der Waals surface area contributed by atoms with Gasteiger partial charge in [-0.25, -0.2) is 0 Å². The number of aliphatic carboxylic acids is 1. The lowest BCUT2D eigenvalue weighted by atomic mass is 9.87. The van der Waals surface area contributed by atoms with E-state index in [1.807, 2.05) is 0 Å². The van der Waals surface area contributed by atoms with E-state index in [2.05, 4.69) is 5.32 Å². The second kappa shape index (κ2) is 6.92. The number of carboxylic acid groups (broad SMARTS) is 1. The molecule has 0 amide bonds. The second-order valence-electron chi connectivity index (χ2n) is 4.92. The molecule has 1 aromatic carbocycles. The number of nitrogens with zero attached hydrogens (tertiary/aromatic N) is 1. The van der Waals surface area contributed by atoms with Crippen LogP contribution in [0.1, 0.15) is 27.2 Å². The molecule has 0 aromatic heterocycles. The van der Waals surface area contributed by atoms with E-state index in [4.69, 9.17) is 4.74 Å². The quantitative estimate of drug-likeness (QED) is 0.565. The van der Waals surface area contributed by atoms with Crippen LogP contribution in [0, 0.1) is 15.5 Å². The molecular formula is C14H20N2O5. The summed E-state index contributed by atoms with van der Waals surface area (Å²) >= 11 is 0. The van der Waals surface area contributed by atoms with Crippen molar-refractivity contribution in [3.05, 3.63) is 28.3 Å². The fourth-order valence-corrected chi connectivity index (χ4v) is 1.77. The Bertz CT molecular complexity index is 532. The Morgan fingerprint density at radius 3 is 2.62 bits per heavy atom. The lowest BCUT2D eigenvalue weighted by molar-refractivity contribution is -0.384. The van der Waals surface area contributed by atoms with Crippen LogP contribution in [0.25, 0.3) is 0 Å². The third kappa shape index (κ3) is 3.84. The summed E-state index contributed by atoms with van der Waals surface area (Å²) in [7, 11) is 0. The Hall–Kier alpha value is -2.31. The molecule has 0 aliphatic rings. The minimum Gasteiger partial charge on any atom is -0.487 e. The van der Waals surface area contributed by atoms with Gasteiger partial charge in [0, 0.05) is 6.54 Å². The topological polar surface area (TPSA) is 102 Å². The van der Waals surface area contributed by atoms with Crippen LogP contribution in [-0.2, 0) is 4.79 Å². The number of nitro benzene ring substituents is 1. The third-order valence-electron chi connectivity index (χ3n) is 3.45. The van der Waals surface area contributed by atoms with Gasteiger partial charge in [-0.05, 0) is 32.4 Å². The van der Waals surface area contributed by atoms with Gasteiger partial charge in [0.25, 0.3) is 0 Å². The highest BCUT2D eigenvalue weighted by Gasteiger charge is 2.32. The zero-order chi connectivity index (χ0) is 16.0. The van der Waals surface area contributed by atoms with Crippen molar-refractivity contribution >= 4 is 17.3 Å². The average Bonchev–Trinajstić information content (AvgIpc) is 2.44. The molecule has 0 saturated heterocycles. The Labute approximate surface area is 123 Å².